The molecule has 0 aliphatic carbocycles. The van der Waals surface area contributed by atoms with E-state index < -0.39 is 0 Å². The second-order valence-electron chi connectivity index (χ2n) is 5.69. The van der Waals surface area contributed by atoms with E-state index in [1.165, 1.54) is 0 Å². The first kappa shape index (κ1) is 15.3. The molecule has 25 heavy (non-hydrogen) atoms. The van der Waals surface area contributed by atoms with Gasteiger partial charge in [0.1, 0.15) is 5.76 Å². The number of rotatable bonds is 4. The lowest BCUT2D eigenvalue weighted by molar-refractivity contribution is -0.115. The summed E-state index contributed by atoms with van der Waals surface area (Å²) in [4.78, 5) is 16.7. The van der Waals surface area contributed by atoms with Crippen LogP contribution >= 0.6 is 0 Å². The normalized spacial score (nSPS) is 12.2. The molecule has 1 N–H and O–H groups in total. The smallest absolute Gasteiger partial charge is 0.232 e. The molecule has 3 aromatic rings. The zero-order chi connectivity index (χ0) is 17.2. The van der Waals surface area contributed by atoms with E-state index in [9.17, 15) is 4.79 Å². The summed E-state index contributed by atoms with van der Waals surface area (Å²) in [5.74, 6) is 2.19. The molecule has 2 aromatic carbocycles. The van der Waals surface area contributed by atoms with E-state index in [2.05, 4.69) is 10.3 Å². The molecule has 1 aliphatic heterocycles. The van der Waals surface area contributed by atoms with Crippen LogP contribution in [0.5, 0.6) is 11.5 Å². The third-order valence-corrected chi connectivity index (χ3v) is 3.89. The highest BCUT2D eigenvalue weighted by Crippen LogP contribution is 2.34. The summed E-state index contributed by atoms with van der Waals surface area (Å²) in [6.07, 6.45) is 0.111. The van der Waals surface area contributed by atoms with Gasteiger partial charge >= 0.3 is 0 Å². The second-order valence-corrected chi connectivity index (χ2v) is 5.69. The van der Waals surface area contributed by atoms with Crippen LogP contribution in [-0.4, -0.2) is 17.7 Å². The molecule has 1 aliphatic rings. The molecular formula is C19H16N2O4. The molecule has 6 heteroatoms. The van der Waals surface area contributed by atoms with Crippen LogP contribution in [0.4, 0.5) is 5.69 Å². The number of hydrogen-bond acceptors (Lipinski definition) is 5. The highest BCUT2D eigenvalue weighted by Gasteiger charge is 2.17. The predicted molar refractivity (Wildman–Crippen MR) is 91.6 cm³/mol. The van der Waals surface area contributed by atoms with Gasteiger partial charge in [0.15, 0.2) is 11.5 Å². The van der Waals surface area contributed by atoms with Crippen molar-refractivity contribution in [2.75, 3.05) is 12.1 Å². The lowest BCUT2D eigenvalue weighted by Gasteiger charge is -2.05. The van der Waals surface area contributed by atoms with Crippen molar-refractivity contribution in [3.63, 3.8) is 0 Å². The van der Waals surface area contributed by atoms with Gasteiger partial charge in [-0.1, -0.05) is 18.2 Å². The highest BCUT2D eigenvalue weighted by atomic mass is 16.7. The second kappa shape index (κ2) is 6.32. The summed E-state index contributed by atoms with van der Waals surface area (Å²) in [7, 11) is 0. The Kier molecular flexibility index (Phi) is 3.85. The number of carbonyl (C=O) groups excluding carboxylic acids is 1. The molecule has 0 bridgehead atoms. The Bertz CT molecular complexity index is 918. The maximum Gasteiger partial charge on any atom is 0.232 e. The molecule has 2 heterocycles. The van der Waals surface area contributed by atoms with Crippen LogP contribution in [0.2, 0.25) is 0 Å². The van der Waals surface area contributed by atoms with E-state index >= 15 is 0 Å². The van der Waals surface area contributed by atoms with Crippen molar-refractivity contribution >= 4 is 11.6 Å². The highest BCUT2D eigenvalue weighted by molar-refractivity contribution is 5.92. The molecule has 1 amide bonds. The minimum Gasteiger partial charge on any atom is -0.454 e. The number of aromatic nitrogens is 1. The third kappa shape index (κ3) is 3.19. The van der Waals surface area contributed by atoms with Gasteiger partial charge in [-0.15, -0.1) is 0 Å². The Balaban J connectivity index is 1.47. The van der Waals surface area contributed by atoms with Gasteiger partial charge in [-0.3, -0.25) is 4.79 Å². The summed E-state index contributed by atoms with van der Waals surface area (Å²) in [5, 5.41) is 2.83. The number of hydrogen-bond donors (Lipinski definition) is 1. The minimum absolute atomic E-state index is 0.111. The molecule has 6 nitrogen and oxygen atoms in total. The number of aryl methyl sites for hydroxylation is 1. The van der Waals surface area contributed by atoms with Crippen molar-refractivity contribution < 1.29 is 18.7 Å². The maximum atomic E-state index is 12.3. The fourth-order valence-electron chi connectivity index (χ4n) is 2.62. The Hall–Kier alpha value is -3.28. The topological polar surface area (TPSA) is 73.6 Å². The first-order valence-electron chi connectivity index (χ1n) is 7.90. The summed E-state index contributed by atoms with van der Waals surface area (Å²) in [5.41, 5.74) is 2.24. The van der Waals surface area contributed by atoms with E-state index in [4.69, 9.17) is 13.9 Å². The van der Waals surface area contributed by atoms with Crippen molar-refractivity contribution in [1.29, 1.82) is 0 Å². The van der Waals surface area contributed by atoms with Gasteiger partial charge in [-0.25, -0.2) is 4.98 Å². The number of amides is 1. The molecule has 126 valence electrons. The lowest BCUT2D eigenvalue weighted by Crippen LogP contribution is -2.14. The number of anilines is 1. The summed E-state index contributed by atoms with van der Waals surface area (Å²) < 4.78 is 16.3. The Labute approximate surface area is 144 Å². The number of nitrogens with one attached hydrogen (secondary N) is 1. The van der Waals surface area contributed by atoms with Crippen molar-refractivity contribution in [2.24, 2.45) is 0 Å². The molecule has 1 aromatic heterocycles. The first-order valence-corrected chi connectivity index (χ1v) is 7.90. The SMILES string of the molecule is Cc1nc(-c2ccccc2)oc1CC(=O)Nc1ccc2c(c1)OCO2. The van der Waals surface area contributed by atoms with E-state index in [-0.39, 0.29) is 19.1 Å². The van der Waals surface area contributed by atoms with Gasteiger partial charge in [-0.05, 0) is 31.2 Å². The monoisotopic (exact) mass is 336 g/mol. The van der Waals surface area contributed by atoms with Crippen LogP contribution in [0.25, 0.3) is 11.5 Å². The summed E-state index contributed by atoms with van der Waals surface area (Å²) >= 11 is 0. The van der Waals surface area contributed by atoms with E-state index in [1.54, 1.807) is 18.2 Å². The third-order valence-electron chi connectivity index (χ3n) is 3.89. The van der Waals surface area contributed by atoms with E-state index in [0.717, 1.165) is 5.56 Å². The fourth-order valence-corrected chi connectivity index (χ4v) is 2.62. The lowest BCUT2D eigenvalue weighted by atomic mass is 10.2. The Morgan fingerprint density at radius 2 is 1.92 bits per heavy atom. The molecule has 4 rings (SSSR count). The molecule has 0 atom stereocenters. The molecule has 0 fully saturated rings. The standard InChI is InChI=1S/C19H16N2O4/c1-12-16(25-19(20-12)13-5-3-2-4-6-13)10-18(22)21-14-7-8-15-17(9-14)24-11-23-15/h2-9H,10-11H2,1H3,(H,21,22). The van der Waals surface area contributed by atoms with Crippen molar-refractivity contribution in [3.8, 4) is 23.0 Å². The number of nitrogens with zero attached hydrogens (tertiary/aromatic N) is 1. The Morgan fingerprint density at radius 1 is 1.12 bits per heavy atom. The average molecular weight is 336 g/mol. The quantitative estimate of drug-likeness (QED) is 0.788. The molecule has 0 unspecified atom stereocenters. The largest absolute Gasteiger partial charge is 0.454 e. The van der Waals surface area contributed by atoms with Crippen LogP contribution < -0.4 is 14.8 Å². The number of fused-ring (bicyclic) bond motifs is 1. The number of carbonyl (C=O) groups is 1. The predicted octanol–water partition coefficient (Wildman–Crippen LogP) is 3.56. The number of oxazole rings is 1. The molecule has 0 radical (unpaired) electrons. The molecule has 0 saturated carbocycles. The first-order chi connectivity index (χ1) is 12.2. The fraction of sp³-hybridized carbons (Fsp3) is 0.158. The maximum absolute atomic E-state index is 12.3. The van der Waals surface area contributed by atoms with Crippen molar-refractivity contribution in [3.05, 3.63) is 60.0 Å². The van der Waals surface area contributed by atoms with E-state index in [1.807, 2.05) is 37.3 Å². The number of ether oxygens (including phenoxy) is 2. The van der Waals surface area contributed by atoms with Gasteiger partial charge in [0.25, 0.3) is 0 Å². The van der Waals surface area contributed by atoms with Gasteiger partial charge < -0.3 is 19.2 Å². The van der Waals surface area contributed by atoms with Crippen LogP contribution in [0, 0.1) is 6.92 Å². The zero-order valence-corrected chi connectivity index (χ0v) is 13.6. The summed E-state index contributed by atoms with van der Waals surface area (Å²) in [6, 6.07) is 14.9. The van der Waals surface area contributed by atoms with Crippen LogP contribution in [0.3, 0.4) is 0 Å². The Morgan fingerprint density at radius 3 is 2.76 bits per heavy atom. The summed E-state index contributed by atoms with van der Waals surface area (Å²) in [6.45, 7) is 2.03. The van der Waals surface area contributed by atoms with Gasteiger partial charge in [-0.2, -0.15) is 0 Å². The average Bonchev–Trinajstić information content (AvgIpc) is 3.22. The van der Waals surface area contributed by atoms with Crippen molar-refractivity contribution in [2.45, 2.75) is 13.3 Å². The molecular weight excluding hydrogens is 320 g/mol. The van der Waals surface area contributed by atoms with Gasteiger partial charge in [0.2, 0.25) is 18.6 Å². The molecule has 0 saturated heterocycles. The number of benzene rings is 2. The van der Waals surface area contributed by atoms with Crippen molar-refractivity contribution in [1.82, 2.24) is 4.98 Å². The molecule has 0 spiro atoms. The van der Waals surface area contributed by atoms with Crippen LogP contribution in [0.1, 0.15) is 11.5 Å². The van der Waals surface area contributed by atoms with Crippen LogP contribution in [0.15, 0.2) is 52.9 Å². The van der Waals surface area contributed by atoms with Gasteiger partial charge in [0, 0.05) is 17.3 Å². The van der Waals surface area contributed by atoms with Crippen LogP contribution in [-0.2, 0) is 11.2 Å². The minimum atomic E-state index is -0.183. The zero-order valence-electron chi connectivity index (χ0n) is 13.6. The van der Waals surface area contributed by atoms with Gasteiger partial charge in [0.05, 0.1) is 12.1 Å². The van der Waals surface area contributed by atoms with E-state index in [0.29, 0.717) is 34.5 Å².